The highest BCUT2D eigenvalue weighted by atomic mass is 32.2. The fourth-order valence-electron chi connectivity index (χ4n) is 4.16. The molecule has 0 bridgehead atoms. The van der Waals surface area contributed by atoms with Crippen molar-refractivity contribution in [2.24, 2.45) is 0 Å². The van der Waals surface area contributed by atoms with Crippen LogP contribution in [0.3, 0.4) is 0 Å². The number of anilines is 1. The average molecular weight is 535 g/mol. The van der Waals surface area contributed by atoms with Gasteiger partial charge in [0.05, 0.1) is 17.0 Å². The first-order valence-corrected chi connectivity index (χ1v) is 14.3. The number of sulfonamides is 1. The van der Waals surface area contributed by atoms with Crippen molar-refractivity contribution in [1.29, 1.82) is 0 Å². The third-order valence-corrected chi connectivity index (χ3v) is 9.09. The van der Waals surface area contributed by atoms with Gasteiger partial charge in [-0.25, -0.2) is 8.42 Å². The number of carbonyl (C=O) groups excluding carboxylic acids is 3. The molecule has 0 atom stereocenters. The largest absolute Gasteiger partial charge is 0.345 e. The van der Waals surface area contributed by atoms with Gasteiger partial charge in [0.1, 0.15) is 5.00 Å². The maximum absolute atomic E-state index is 13.1. The van der Waals surface area contributed by atoms with E-state index in [1.165, 1.54) is 51.7 Å². The standard InChI is InChI=1S/C25H34N4O5S2/c1-6-13-29(14-7-2)36(33,34)19-10-8-18(9-11-19)23(31)26-24-22(25(32)27(4)5)20-12-15-28(17(3)30)16-21(20)35-24/h8-11H,6-7,12-16H2,1-5H3,(H,26,31). The van der Waals surface area contributed by atoms with Gasteiger partial charge in [-0.1, -0.05) is 13.8 Å². The van der Waals surface area contributed by atoms with E-state index in [9.17, 15) is 22.8 Å². The second-order valence-corrected chi connectivity index (χ2v) is 12.0. The molecule has 1 aromatic carbocycles. The summed E-state index contributed by atoms with van der Waals surface area (Å²) < 4.78 is 27.5. The Balaban J connectivity index is 1.88. The van der Waals surface area contributed by atoms with E-state index in [1.807, 2.05) is 13.8 Å². The molecule has 1 aliphatic rings. The minimum absolute atomic E-state index is 0.0356. The molecule has 0 fully saturated rings. The van der Waals surface area contributed by atoms with Gasteiger partial charge in [0, 0.05) is 51.1 Å². The molecule has 2 heterocycles. The lowest BCUT2D eigenvalue weighted by atomic mass is 10.0. The number of fused-ring (bicyclic) bond motifs is 1. The van der Waals surface area contributed by atoms with Crippen molar-refractivity contribution in [2.45, 2.75) is 51.5 Å². The average Bonchev–Trinajstić information content (AvgIpc) is 3.20. The number of carbonyl (C=O) groups is 3. The summed E-state index contributed by atoms with van der Waals surface area (Å²) in [5, 5.41) is 3.29. The number of benzene rings is 1. The van der Waals surface area contributed by atoms with Gasteiger partial charge in [0.2, 0.25) is 15.9 Å². The van der Waals surface area contributed by atoms with Crippen LogP contribution in [0.5, 0.6) is 0 Å². The fraction of sp³-hybridized carbons (Fsp3) is 0.480. The van der Waals surface area contributed by atoms with E-state index in [4.69, 9.17) is 0 Å². The molecule has 1 N–H and O–H groups in total. The second-order valence-electron chi connectivity index (χ2n) is 8.98. The number of amides is 3. The summed E-state index contributed by atoms with van der Waals surface area (Å²) in [7, 11) is -0.337. The second kappa shape index (κ2) is 11.5. The van der Waals surface area contributed by atoms with Crippen molar-refractivity contribution < 1.29 is 22.8 Å². The highest BCUT2D eigenvalue weighted by molar-refractivity contribution is 7.89. The molecule has 11 heteroatoms. The van der Waals surface area contributed by atoms with Crippen molar-refractivity contribution in [3.05, 3.63) is 45.8 Å². The summed E-state index contributed by atoms with van der Waals surface area (Å²) in [5.41, 5.74) is 1.59. The molecular weight excluding hydrogens is 500 g/mol. The zero-order chi connectivity index (χ0) is 26.6. The molecule has 0 saturated heterocycles. The number of nitrogens with zero attached hydrogens (tertiary/aromatic N) is 3. The fourth-order valence-corrected chi connectivity index (χ4v) is 7.04. The Morgan fingerprint density at radius 3 is 2.19 bits per heavy atom. The Kier molecular flexibility index (Phi) is 8.91. The van der Waals surface area contributed by atoms with E-state index in [2.05, 4.69) is 5.32 Å². The molecule has 9 nitrogen and oxygen atoms in total. The SMILES string of the molecule is CCCN(CCC)S(=O)(=O)c1ccc(C(=O)Nc2sc3c(c2C(=O)N(C)C)CCN(C(C)=O)C3)cc1. The van der Waals surface area contributed by atoms with Crippen LogP contribution in [0.25, 0.3) is 0 Å². The van der Waals surface area contributed by atoms with Crippen molar-refractivity contribution >= 4 is 44.1 Å². The number of hydrogen-bond acceptors (Lipinski definition) is 6. The molecule has 1 aromatic heterocycles. The Morgan fingerprint density at radius 1 is 1.06 bits per heavy atom. The predicted octanol–water partition coefficient (Wildman–Crippen LogP) is 3.42. The molecule has 2 aromatic rings. The maximum Gasteiger partial charge on any atom is 0.256 e. The Labute approximate surface area is 217 Å². The molecule has 0 aliphatic carbocycles. The summed E-state index contributed by atoms with van der Waals surface area (Å²) in [6.45, 7) is 7.17. The monoisotopic (exact) mass is 534 g/mol. The van der Waals surface area contributed by atoms with Gasteiger partial charge in [-0.05, 0) is 49.1 Å². The molecule has 3 rings (SSSR count). The van der Waals surface area contributed by atoms with Crippen LogP contribution in [0.1, 0.15) is 64.8 Å². The van der Waals surface area contributed by atoms with Crippen LogP contribution in [0, 0.1) is 0 Å². The van der Waals surface area contributed by atoms with E-state index in [1.54, 1.807) is 19.0 Å². The first kappa shape index (κ1) is 27.8. The third-order valence-electron chi connectivity index (χ3n) is 6.05. The van der Waals surface area contributed by atoms with E-state index in [-0.39, 0.29) is 22.3 Å². The normalized spacial score (nSPS) is 13.4. The van der Waals surface area contributed by atoms with Crippen LogP contribution in [0.4, 0.5) is 5.00 Å². The zero-order valence-electron chi connectivity index (χ0n) is 21.5. The molecule has 3 amide bonds. The highest BCUT2D eigenvalue weighted by Crippen LogP contribution is 2.38. The Morgan fingerprint density at radius 2 is 1.67 bits per heavy atom. The van der Waals surface area contributed by atoms with Crippen molar-refractivity contribution in [2.75, 3.05) is 39.0 Å². The van der Waals surface area contributed by atoms with Crippen LogP contribution in [-0.4, -0.2) is 74.0 Å². The Hall–Kier alpha value is -2.76. The van der Waals surface area contributed by atoms with Crippen LogP contribution < -0.4 is 5.32 Å². The first-order valence-electron chi connectivity index (χ1n) is 12.0. The number of thiophene rings is 1. The minimum atomic E-state index is -3.65. The van der Waals surface area contributed by atoms with Gasteiger partial charge in [0.25, 0.3) is 11.8 Å². The van der Waals surface area contributed by atoms with Crippen molar-refractivity contribution in [3.63, 3.8) is 0 Å². The molecule has 196 valence electrons. The van der Waals surface area contributed by atoms with Gasteiger partial charge in [-0.2, -0.15) is 4.31 Å². The zero-order valence-corrected chi connectivity index (χ0v) is 23.1. The smallest absolute Gasteiger partial charge is 0.256 e. The van der Waals surface area contributed by atoms with Crippen LogP contribution in [-0.2, 0) is 27.8 Å². The molecule has 0 unspecified atom stereocenters. The van der Waals surface area contributed by atoms with Crippen molar-refractivity contribution in [1.82, 2.24) is 14.1 Å². The predicted molar refractivity (Wildman–Crippen MR) is 141 cm³/mol. The first-order chi connectivity index (χ1) is 17.0. The third kappa shape index (κ3) is 5.79. The van der Waals surface area contributed by atoms with Gasteiger partial charge in [-0.3, -0.25) is 14.4 Å². The number of hydrogen-bond donors (Lipinski definition) is 1. The molecule has 1 aliphatic heterocycles. The maximum atomic E-state index is 13.1. The molecule has 36 heavy (non-hydrogen) atoms. The summed E-state index contributed by atoms with van der Waals surface area (Å²) in [5.74, 6) is -0.688. The summed E-state index contributed by atoms with van der Waals surface area (Å²) in [6.07, 6.45) is 1.96. The Bertz CT molecular complexity index is 1230. The summed E-state index contributed by atoms with van der Waals surface area (Å²) in [6, 6.07) is 5.85. The lowest BCUT2D eigenvalue weighted by Gasteiger charge is -2.26. The number of nitrogens with one attached hydrogen (secondary N) is 1. The quantitative estimate of drug-likeness (QED) is 0.531. The molecule has 0 saturated carbocycles. The van der Waals surface area contributed by atoms with Crippen LogP contribution in [0.2, 0.25) is 0 Å². The van der Waals surface area contributed by atoms with Crippen LogP contribution in [0.15, 0.2) is 29.2 Å². The lowest BCUT2D eigenvalue weighted by Crippen LogP contribution is -2.34. The lowest BCUT2D eigenvalue weighted by molar-refractivity contribution is -0.129. The minimum Gasteiger partial charge on any atom is -0.345 e. The van der Waals surface area contributed by atoms with Gasteiger partial charge < -0.3 is 15.1 Å². The summed E-state index contributed by atoms with van der Waals surface area (Å²) in [4.78, 5) is 42.1. The van der Waals surface area contributed by atoms with E-state index < -0.39 is 15.9 Å². The van der Waals surface area contributed by atoms with E-state index in [0.29, 0.717) is 56.0 Å². The van der Waals surface area contributed by atoms with E-state index >= 15 is 0 Å². The van der Waals surface area contributed by atoms with Gasteiger partial charge in [-0.15, -0.1) is 11.3 Å². The topological polar surface area (TPSA) is 107 Å². The molecule has 0 radical (unpaired) electrons. The highest BCUT2D eigenvalue weighted by Gasteiger charge is 2.30. The van der Waals surface area contributed by atoms with Gasteiger partial charge >= 0.3 is 0 Å². The van der Waals surface area contributed by atoms with Crippen molar-refractivity contribution in [3.8, 4) is 0 Å². The summed E-state index contributed by atoms with van der Waals surface area (Å²) >= 11 is 1.30. The molecule has 0 spiro atoms. The molecular formula is C25H34N4O5S2. The van der Waals surface area contributed by atoms with Gasteiger partial charge in [0.15, 0.2) is 0 Å². The van der Waals surface area contributed by atoms with Crippen LogP contribution >= 0.6 is 11.3 Å². The van der Waals surface area contributed by atoms with E-state index in [0.717, 1.165) is 10.4 Å². The number of rotatable bonds is 9.